The summed E-state index contributed by atoms with van der Waals surface area (Å²) in [4.78, 5) is 12.2. The molecule has 0 aliphatic rings. The quantitative estimate of drug-likeness (QED) is 0.467. The fraction of sp³-hybridized carbons (Fsp3) is 0.571. The van der Waals surface area contributed by atoms with Gasteiger partial charge in [0.1, 0.15) is 11.1 Å². The van der Waals surface area contributed by atoms with Crippen LogP contribution in [0.15, 0.2) is 27.4 Å². The number of hydrogen-bond acceptors (Lipinski definition) is 3. The van der Waals surface area contributed by atoms with Crippen molar-refractivity contribution in [3.05, 3.63) is 40.2 Å². The van der Waals surface area contributed by atoms with Crippen molar-refractivity contribution in [1.29, 1.82) is 0 Å². The number of benzene rings is 1. The lowest BCUT2D eigenvalue weighted by atomic mass is 10.1. The van der Waals surface area contributed by atoms with Crippen molar-refractivity contribution >= 4 is 10.8 Å². The zero-order valence-electron chi connectivity index (χ0n) is 15.4. The molecule has 0 unspecified atom stereocenters. The average Bonchev–Trinajstić information content (AvgIpc) is 2.59. The van der Waals surface area contributed by atoms with Crippen molar-refractivity contribution in [3.63, 3.8) is 0 Å². The summed E-state index contributed by atoms with van der Waals surface area (Å²) in [6.45, 7) is 4.76. The van der Waals surface area contributed by atoms with Crippen molar-refractivity contribution < 1.29 is 13.5 Å². The Bertz CT molecular complexity index is 721. The maximum absolute atomic E-state index is 14.6. The lowest BCUT2D eigenvalue weighted by Gasteiger charge is -2.09. The molecule has 0 saturated carbocycles. The first kappa shape index (κ1) is 19.5. The van der Waals surface area contributed by atoms with Crippen LogP contribution in [0, 0.1) is 5.82 Å². The molecule has 0 bridgehead atoms. The molecule has 2 aromatic rings. The van der Waals surface area contributed by atoms with Crippen LogP contribution in [-0.4, -0.2) is 6.61 Å². The number of unbranched alkanes of at least 4 members (excludes halogenated alkanes) is 6. The standard InChI is InChI=1S/C21H29FO3/c1-3-5-7-8-10-14-24-18-13-12-16-15-17(11-9-6-4-2)25-21(23)19(16)20(18)22/h12-13,15H,3-11,14H2,1-2H3. The molecule has 0 aliphatic carbocycles. The minimum atomic E-state index is -0.616. The van der Waals surface area contributed by atoms with Crippen LogP contribution in [0.5, 0.6) is 5.75 Å². The van der Waals surface area contributed by atoms with Crippen LogP contribution in [0.4, 0.5) is 4.39 Å². The maximum Gasteiger partial charge on any atom is 0.346 e. The second-order valence-electron chi connectivity index (χ2n) is 6.56. The molecule has 25 heavy (non-hydrogen) atoms. The lowest BCUT2D eigenvalue weighted by Crippen LogP contribution is -2.07. The topological polar surface area (TPSA) is 39.4 Å². The van der Waals surface area contributed by atoms with Crippen LogP contribution in [-0.2, 0) is 6.42 Å². The Kier molecular flexibility index (Phi) is 7.96. The summed E-state index contributed by atoms with van der Waals surface area (Å²) in [6, 6.07) is 5.12. The Labute approximate surface area is 149 Å². The summed E-state index contributed by atoms with van der Waals surface area (Å²) >= 11 is 0. The molecule has 0 fully saturated rings. The largest absolute Gasteiger partial charge is 0.490 e. The highest BCUT2D eigenvalue weighted by molar-refractivity contribution is 5.83. The fourth-order valence-corrected chi connectivity index (χ4v) is 2.94. The van der Waals surface area contributed by atoms with Crippen molar-refractivity contribution in [1.82, 2.24) is 0 Å². The smallest absolute Gasteiger partial charge is 0.346 e. The van der Waals surface area contributed by atoms with E-state index in [-0.39, 0.29) is 11.1 Å². The van der Waals surface area contributed by atoms with E-state index >= 15 is 0 Å². The zero-order valence-corrected chi connectivity index (χ0v) is 15.4. The first-order valence-corrected chi connectivity index (χ1v) is 9.55. The molecule has 0 aliphatic heterocycles. The summed E-state index contributed by atoms with van der Waals surface area (Å²) in [5.41, 5.74) is -0.616. The van der Waals surface area contributed by atoms with Crippen LogP contribution in [0.1, 0.15) is 71.0 Å². The zero-order chi connectivity index (χ0) is 18.1. The van der Waals surface area contributed by atoms with Gasteiger partial charge in [0.05, 0.1) is 6.61 Å². The molecule has 0 spiro atoms. The lowest BCUT2D eigenvalue weighted by molar-refractivity contribution is 0.291. The predicted molar refractivity (Wildman–Crippen MR) is 99.9 cm³/mol. The Hall–Kier alpha value is -1.84. The molecular weight excluding hydrogens is 319 g/mol. The van der Waals surface area contributed by atoms with Gasteiger partial charge in [0, 0.05) is 6.42 Å². The number of fused-ring (bicyclic) bond motifs is 1. The second kappa shape index (κ2) is 10.2. The normalized spacial score (nSPS) is 11.2. The van der Waals surface area contributed by atoms with Crippen molar-refractivity contribution in [2.75, 3.05) is 6.61 Å². The molecule has 0 atom stereocenters. The Morgan fingerprint density at radius 2 is 1.72 bits per heavy atom. The van der Waals surface area contributed by atoms with Gasteiger partial charge in [-0.1, -0.05) is 58.4 Å². The molecule has 1 aromatic carbocycles. The third-order valence-electron chi connectivity index (χ3n) is 4.42. The van der Waals surface area contributed by atoms with Gasteiger partial charge >= 0.3 is 5.63 Å². The third kappa shape index (κ3) is 5.58. The van der Waals surface area contributed by atoms with E-state index in [1.807, 2.05) is 0 Å². The first-order valence-electron chi connectivity index (χ1n) is 9.55. The molecule has 0 amide bonds. The number of aryl methyl sites for hydroxylation is 1. The summed E-state index contributed by atoms with van der Waals surface area (Å²) in [5.74, 6) is 0.142. The van der Waals surface area contributed by atoms with Crippen molar-refractivity contribution in [3.8, 4) is 5.75 Å². The molecule has 1 heterocycles. The Balaban J connectivity index is 2.06. The third-order valence-corrected chi connectivity index (χ3v) is 4.42. The first-order chi connectivity index (χ1) is 12.2. The van der Waals surface area contributed by atoms with E-state index in [2.05, 4.69) is 13.8 Å². The van der Waals surface area contributed by atoms with Gasteiger partial charge in [0.25, 0.3) is 0 Å². The second-order valence-corrected chi connectivity index (χ2v) is 6.56. The van der Waals surface area contributed by atoms with E-state index in [1.54, 1.807) is 18.2 Å². The monoisotopic (exact) mass is 348 g/mol. The van der Waals surface area contributed by atoms with Gasteiger partial charge in [-0.3, -0.25) is 0 Å². The molecule has 4 heteroatoms. The summed E-state index contributed by atoms with van der Waals surface area (Å²) < 4.78 is 25.4. The number of halogens is 1. The van der Waals surface area contributed by atoms with E-state index < -0.39 is 11.4 Å². The van der Waals surface area contributed by atoms with E-state index in [0.29, 0.717) is 24.2 Å². The molecule has 2 rings (SSSR count). The molecule has 0 saturated heterocycles. The van der Waals surface area contributed by atoms with Crippen LogP contribution in [0.3, 0.4) is 0 Å². The predicted octanol–water partition coefficient (Wildman–Crippen LogP) is 6.01. The number of rotatable bonds is 11. The molecule has 0 radical (unpaired) electrons. The minimum Gasteiger partial charge on any atom is -0.490 e. The van der Waals surface area contributed by atoms with Crippen molar-refractivity contribution in [2.45, 2.75) is 71.6 Å². The van der Waals surface area contributed by atoms with Gasteiger partial charge in [-0.15, -0.1) is 0 Å². The molecule has 138 valence electrons. The van der Waals surface area contributed by atoms with Gasteiger partial charge in [-0.25, -0.2) is 9.18 Å². The number of ether oxygens (including phenoxy) is 1. The van der Waals surface area contributed by atoms with Crippen LogP contribution in [0.2, 0.25) is 0 Å². The molecular formula is C21H29FO3. The molecule has 1 aromatic heterocycles. The fourth-order valence-electron chi connectivity index (χ4n) is 2.94. The minimum absolute atomic E-state index is 0.0114. The highest BCUT2D eigenvalue weighted by Crippen LogP contribution is 2.25. The van der Waals surface area contributed by atoms with Crippen LogP contribution < -0.4 is 10.4 Å². The highest BCUT2D eigenvalue weighted by atomic mass is 19.1. The van der Waals surface area contributed by atoms with Gasteiger partial charge in [0.15, 0.2) is 11.6 Å². The van der Waals surface area contributed by atoms with E-state index in [9.17, 15) is 9.18 Å². The van der Waals surface area contributed by atoms with Gasteiger partial charge in [-0.2, -0.15) is 0 Å². The van der Waals surface area contributed by atoms with Gasteiger partial charge < -0.3 is 9.15 Å². The average molecular weight is 348 g/mol. The summed E-state index contributed by atoms with van der Waals surface area (Å²) in [7, 11) is 0. The van der Waals surface area contributed by atoms with Crippen molar-refractivity contribution in [2.24, 2.45) is 0 Å². The van der Waals surface area contributed by atoms with E-state index in [4.69, 9.17) is 9.15 Å². The molecule has 3 nitrogen and oxygen atoms in total. The SMILES string of the molecule is CCCCCCCOc1ccc2cc(CCCCC)oc(=O)c2c1F. The Morgan fingerprint density at radius 1 is 1.00 bits per heavy atom. The number of hydrogen-bond donors (Lipinski definition) is 0. The Morgan fingerprint density at radius 3 is 2.48 bits per heavy atom. The van der Waals surface area contributed by atoms with E-state index in [0.717, 1.165) is 32.1 Å². The van der Waals surface area contributed by atoms with Crippen LogP contribution >= 0.6 is 0 Å². The van der Waals surface area contributed by atoms with Gasteiger partial charge in [-0.05, 0) is 30.4 Å². The summed E-state index contributed by atoms with van der Waals surface area (Å²) in [6.07, 6.45) is 9.40. The highest BCUT2D eigenvalue weighted by Gasteiger charge is 2.14. The maximum atomic E-state index is 14.6. The van der Waals surface area contributed by atoms with E-state index in [1.165, 1.54) is 19.3 Å². The van der Waals surface area contributed by atoms with Gasteiger partial charge in [0.2, 0.25) is 0 Å². The summed E-state index contributed by atoms with van der Waals surface area (Å²) in [5, 5.41) is 0.568. The van der Waals surface area contributed by atoms with Crippen LogP contribution in [0.25, 0.3) is 10.8 Å². The molecule has 0 N–H and O–H groups in total.